The quantitative estimate of drug-likeness (QED) is 0.426. The number of fused-ring (bicyclic) bond motifs is 1. The van der Waals surface area contributed by atoms with Crippen LogP contribution in [0.3, 0.4) is 0 Å². The number of nitrogens with zero attached hydrogens (tertiary/aromatic N) is 2. The zero-order chi connectivity index (χ0) is 22.0. The number of benzene rings is 2. The van der Waals surface area contributed by atoms with Gasteiger partial charge in [0.05, 0.1) is 22.9 Å². The highest BCUT2D eigenvalue weighted by molar-refractivity contribution is 7.99. The van der Waals surface area contributed by atoms with E-state index in [-0.39, 0.29) is 6.10 Å². The van der Waals surface area contributed by atoms with Gasteiger partial charge in [0.15, 0.2) is 0 Å². The van der Waals surface area contributed by atoms with Crippen molar-refractivity contribution in [1.29, 1.82) is 5.26 Å². The summed E-state index contributed by atoms with van der Waals surface area (Å²) in [6, 6.07) is 17.0. The van der Waals surface area contributed by atoms with Crippen LogP contribution < -0.4 is 5.32 Å². The molecule has 0 aliphatic heterocycles. The molecule has 6 heteroatoms. The van der Waals surface area contributed by atoms with E-state index in [1.54, 1.807) is 0 Å². The van der Waals surface area contributed by atoms with Crippen LogP contribution in [0.2, 0.25) is 0 Å². The van der Waals surface area contributed by atoms with E-state index in [9.17, 15) is 10.1 Å². The lowest BCUT2D eigenvalue weighted by atomic mass is 9.92. The summed E-state index contributed by atoms with van der Waals surface area (Å²) in [5.41, 5.74) is 4.47. The highest BCUT2D eigenvalue weighted by atomic mass is 32.2. The molecule has 3 aromatic rings. The van der Waals surface area contributed by atoms with Crippen LogP contribution in [0.5, 0.6) is 0 Å². The lowest BCUT2D eigenvalue weighted by Crippen LogP contribution is -2.18. The van der Waals surface area contributed by atoms with Gasteiger partial charge in [0.25, 0.3) is 0 Å². The lowest BCUT2D eigenvalue weighted by molar-refractivity contribution is 0.130. The van der Waals surface area contributed by atoms with Gasteiger partial charge in [-0.25, -0.2) is 4.79 Å². The number of aromatic nitrogens is 1. The molecule has 0 saturated heterocycles. The molecule has 1 heterocycles. The number of rotatable bonds is 6. The highest BCUT2D eigenvalue weighted by Crippen LogP contribution is 2.43. The van der Waals surface area contributed by atoms with Crippen LogP contribution in [-0.4, -0.2) is 22.5 Å². The predicted molar refractivity (Wildman–Crippen MR) is 127 cm³/mol. The summed E-state index contributed by atoms with van der Waals surface area (Å²) < 4.78 is 7.52. The Labute approximate surface area is 187 Å². The first-order valence-corrected chi connectivity index (χ1v) is 11.8. The van der Waals surface area contributed by atoms with Crippen molar-refractivity contribution in [3.63, 3.8) is 0 Å². The smallest absolute Gasteiger partial charge is 0.411 e. The second kappa shape index (κ2) is 9.07. The van der Waals surface area contributed by atoms with Crippen LogP contribution in [0.4, 0.5) is 10.5 Å². The molecular formula is C25H27N3O2S. The van der Waals surface area contributed by atoms with Crippen LogP contribution in [-0.2, 0) is 4.74 Å². The van der Waals surface area contributed by atoms with Crippen LogP contribution in [0.25, 0.3) is 22.2 Å². The van der Waals surface area contributed by atoms with E-state index in [1.807, 2.05) is 49.9 Å². The maximum Gasteiger partial charge on any atom is 0.411 e. The summed E-state index contributed by atoms with van der Waals surface area (Å²) in [7, 11) is 0. The second-order valence-corrected chi connectivity index (χ2v) is 9.40. The molecule has 5 nitrogen and oxygen atoms in total. The molecule has 31 heavy (non-hydrogen) atoms. The molecule has 1 amide bonds. The predicted octanol–water partition coefficient (Wildman–Crippen LogP) is 6.97. The molecule has 1 N–H and O–H groups in total. The van der Waals surface area contributed by atoms with Gasteiger partial charge < -0.3 is 9.30 Å². The van der Waals surface area contributed by atoms with Gasteiger partial charge in [0.2, 0.25) is 0 Å². The molecule has 1 aliphatic rings. The molecule has 1 saturated carbocycles. The van der Waals surface area contributed by atoms with Gasteiger partial charge in [-0.05, 0) is 68.7 Å². The van der Waals surface area contributed by atoms with Crippen molar-refractivity contribution in [2.75, 3.05) is 11.1 Å². The second-order valence-electron chi connectivity index (χ2n) is 8.06. The SMILES string of the molecule is CCSc1ccc2c(C#N)c(-c3ccc(NC(=O)OC(C)C)cc3)n(C3CCC3)c2c1. The summed E-state index contributed by atoms with van der Waals surface area (Å²) in [6.45, 7) is 5.78. The van der Waals surface area contributed by atoms with Crippen molar-refractivity contribution in [3.05, 3.63) is 48.0 Å². The topological polar surface area (TPSA) is 67.1 Å². The number of amides is 1. The van der Waals surface area contributed by atoms with E-state index in [1.165, 1.54) is 11.3 Å². The Balaban J connectivity index is 1.77. The Morgan fingerprint density at radius 1 is 1.26 bits per heavy atom. The normalized spacial score (nSPS) is 13.8. The Hall–Kier alpha value is -2.91. The highest BCUT2D eigenvalue weighted by Gasteiger charge is 2.27. The lowest BCUT2D eigenvalue weighted by Gasteiger charge is -2.30. The van der Waals surface area contributed by atoms with Gasteiger partial charge in [0.1, 0.15) is 6.07 Å². The number of nitriles is 1. The number of hydrogen-bond acceptors (Lipinski definition) is 4. The first kappa shape index (κ1) is 21.3. The molecule has 1 aliphatic carbocycles. The van der Waals surface area contributed by atoms with Crippen LogP contribution in [0.15, 0.2) is 47.4 Å². The van der Waals surface area contributed by atoms with Gasteiger partial charge in [-0.1, -0.05) is 25.1 Å². The number of ether oxygens (including phenoxy) is 1. The molecule has 0 bridgehead atoms. The molecule has 2 aromatic carbocycles. The molecule has 1 aromatic heterocycles. The van der Waals surface area contributed by atoms with Crippen molar-refractivity contribution >= 4 is 34.4 Å². The van der Waals surface area contributed by atoms with Crippen LogP contribution in [0, 0.1) is 11.3 Å². The molecule has 0 unspecified atom stereocenters. The van der Waals surface area contributed by atoms with E-state index in [0.717, 1.165) is 46.3 Å². The zero-order valence-corrected chi connectivity index (χ0v) is 19.0. The number of hydrogen-bond donors (Lipinski definition) is 1. The molecule has 0 radical (unpaired) electrons. The Kier molecular flexibility index (Phi) is 6.24. The van der Waals surface area contributed by atoms with Crippen molar-refractivity contribution in [3.8, 4) is 17.3 Å². The van der Waals surface area contributed by atoms with Gasteiger partial charge in [-0.2, -0.15) is 5.26 Å². The van der Waals surface area contributed by atoms with E-state index < -0.39 is 6.09 Å². The molecule has 0 atom stereocenters. The Morgan fingerprint density at radius 2 is 2.00 bits per heavy atom. The zero-order valence-electron chi connectivity index (χ0n) is 18.1. The Bertz CT molecular complexity index is 1140. The third-order valence-corrected chi connectivity index (χ3v) is 6.46. The monoisotopic (exact) mass is 433 g/mol. The van der Waals surface area contributed by atoms with E-state index in [2.05, 4.69) is 41.1 Å². The van der Waals surface area contributed by atoms with Gasteiger partial charge in [-0.15, -0.1) is 11.8 Å². The van der Waals surface area contributed by atoms with Crippen molar-refractivity contribution < 1.29 is 9.53 Å². The minimum Gasteiger partial charge on any atom is -0.447 e. The van der Waals surface area contributed by atoms with Crippen molar-refractivity contribution in [2.45, 2.75) is 57.1 Å². The van der Waals surface area contributed by atoms with Crippen molar-refractivity contribution in [1.82, 2.24) is 4.57 Å². The first-order valence-electron chi connectivity index (χ1n) is 10.8. The largest absolute Gasteiger partial charge is 0.447 e. The number of carbonyl (C=O) groups is 1. The van der Waals surface area contributed by atoms with Crippen LogP contribution in [0.1, 0.15) is 51.6 Å². The third-order valence-electron chi connectivity index (χ3n) is 5.59. The number of thioether (sulfide) groups is 1. The fourth-order valence-corrected chi connectivity index (χ4v) is 4.73. The summed E-state index contributed by atoms with van der Waals surface area (Å²) in [4.78, 5) is 13.1. The van der Waals surface area contributed by atoms with Gasteiger partial charge in [-0.3, -0.25) is 5.32 Å². The Morgan fingerprint density at radius 3 is 2.58 bits per heavy atom. The molecule has 4 rings (SSSR count). The fraction of sp³-hybridized carbons (Fsp3) is 0.360. The summed E-state index contributed by atoms with van der Waals surface area (Å²) in [5, 5.41) is 13.8. The van der Waals surface area contributed by atoms with E-state index in [0.29, 0.717) is 11.7 Å². The standard InChI is InChI=1S/C25H27N3O2S/c1-4-31-20-12-13-21-22(15-26)24(28(23(21)14-20)19-6-5-7-19)17-8-10-18(11-9-17)27-25(29)30-16(2)3/h8-14,16,19H,4-7H2,1-3H3,(H,27,29). The minimum atomic E-state index is -0.468. The van der Waals surface area contributed by atoms with E-state index in [4.69, 9.17) is 4.74 Å². The fourth-order valence-electron chi connectivity index (χ4n) is 4.04. The number of nitrogens with one attached hydrogen (secondary N) is 1. The third kappa shape index (κ3) is 4.28. The van der Waals surface area contributed by atoms with E-state index >= 15 is 0 Å². The molecule has 1 fully saturated rings. The number of anilines is 1. The summed E-state index contributed by atoms with van der Waals surface area (Å²) in [6.07, 6.45) is 2.84. The van der Waals surface area contributed by atoms with Gasteiger partial charge >= 0.3 is 6.09 Å². The summed E-state index contributed by atoms with van der Waals surface area (Å²) in [5.74, 6) is 1.02. The van der Waals surface area contributed by atoms with Crippen molar-refractivity contribution in [2.24, 2.45) is 0 Å². The average Bonchev–Trinajstić information content (AvgIpc) is 3.00. The summed E-state index contributed by atoms with van der Waals surface area (Å²) >= 11 is 1.82. The minimum absolute atomic E-state index is 0.175. The number of carbonyl (C=O) groups excluding carboxylic acids is 1. The molecular weight excluding hydrogens is 406 g/mol. The van der Waals surface area contributed by atoms with Crippen LogP contribution >= 0.6 is 11.8 Å². The molecule has 0 spiro atoms. The maximum absolute atomic E-state index is 11.9. The maximum atomic E-state index is 11.9. The molecule has 160 valence electrons. The first-order chi connectivity index (χ1) is 15.0. The van der Waals surface area contributed by atoms with Gasteiger partial charge in [0, 0.05) is 22.0 Å². The average molecular weight is 434 g/mol.